The van der Waals surface area contributed by atoms with Crippen LogP contribution < -0.4 is 10.6 Å². The summed E-state index contributed by atoms with van der Waals surface area (Å²) in [5.74, 6) is 0.289. The van der Waals surface area contributed by atoms with Gasteiger partial charge >= 0.3 is 0 Å². The Bertz CT molecular complexity index is 694. The predicted octanol–water partition coefficient (Wildman–Crippen LogP) is 4.80. The second-order valence-electron chi connectivity index (χ2n) is 6.75. The molecule has 2 amide bonds. The van der Waals surface area contributed by atoms with E-state index in [-0.39, 0.29) is 17.7 Å². The number of carbonyl (C=O) groups excluding carboxylic acids is 2. The first kappa shape index (κ1) is 18.7. The smallest absolute Gasteiger partial charge is 0.224 e. The molecule has 0 saturated carbocycles. The van der Waals surface area contributed by atoms with Crippen LogP contribution in [0.5, 0.6) is 0 Å². The summed E-state index contributed by atoms with van der Waals surface area (Å²) >= 11 is 0. The summed E-state index contributed by atoms with van der Waals surface area (Å²) in [6, 6.07) is 17.2. The van der Waals surface area contributed by atoms with Crippen LogP contribution in [0, 0.1) is 5.92 Å². The summed E-state index contributed by atoms with van der Waals surface area (Å²) in [5, 5.41) is 5.73. The van der Waals surface area contributed by atoms with Gasteiger partial charge in [-0.1, -0.05) is 51.1 Å². The summed E-state index contributed by atoms with van der Waals surface area (Å²) in [7, 11) is 0. The van der Waals surface area contributed by atoms with Crippen LogP contribution in [-0.4, -0.2) is 11.8 Å². The van der Waals surface area contributed by atoms with Gasteiger partial charge in [0.1, 0.15) is 0 Å². The Morgan fingerprint density at radius 3 is 1.72 bits per heavy atom. The number of hydrogen-bond acceptors (Lipinski definition) is 2. The van der Waals surface area contributed by atoms with Gasteiger partial charge in [-0.3, -0.25) is 9.59 Å². The van der Waals surface area contributed by atoms with E-state index in [0.717, 1.165) is 11.4 Å². The minimum Gasteiger partial charge on any atom is -0.326 e. The fourth-order valence-electron chi connectivity index (χ4n) is 2.60. The van der Waals surface area contributed by atoms with E-state index in [9.17, 15) is 9.59 Å². The molecule has 4 nitrogen and oxygen atoms in total. The van der Waals surface area contributed by atoms with Gasteiger partial charge in [0, 0.05) is 24.2 Å². The van der Waals surface area contributed by atoms with Crippen LogP contribution in [0.1, 0.15) is 45.1 Å². The second kappa shape index (κ2) is 9.02. The lowest BCUT2D eigenvalue weighted by atomic mass is 10.0. The molecule has 25 heavy (non-hydrogen) atoms. The van der Waals surface area contributed by atoms with Gasteiger partial charge in [0.15, 0.2) is 0 Å². The molecule has 0 bridgehead atoms. The van der Waals surface area contributed by atoms with Crippen LogP contribution in [0.15, 0.2) is 54.6 Å². The summed E-state index contributed by atoms with van der Waals surface area (Å²) in [6.07, 6.45) is 0.628. The van der Waals surface area contributed by atoms with Gasteiger partial charge in [0.05, 0.1) is 0 Å². The summed E-state index contributed by atoms with van der Waals surface area (Å²) in [6.45, 7) is 6.18. The minimum absolute atomic E-state index is 0.0290. The quantitative estimate of drug-likeness (QED) is 0.761. The highest BCUT2D eigenvalue weighted by Crippen LogP contribution is 2.18. The lowest BCUT2D eigenvalue weighted by Crippen LogP contribution is -2.20. The van der Waals surface area contributed by atoms with Crippen LogP contribution in [0.25, 0.3) is 0 Å². The Hall–Kier alpha value is -2.62. The number of nitrogens with one attached hydrogen (secondary N) is 2. The van der Waals surface area contributed by atoms with Gasteiger partial charge in [0.25, 0.3) is 0 Å². The third-order valence-electron chi connectivity index (χ3n) is 3.99. The van der Waals surface area contributed by atoms with Crippen molar-refractivity contribution in [3.05, 3.63) is 60.2 Å². The van der Waals surface area contributed by atoms with Crippen LogP contribution in [0.3, 0.4) is 0 Å². The Labute approximate surface area is 149 Å². The van der Waals surface area contributed by atoms with Crippen molar-refractivity contribution >= 4 is 23.2 Å². The topological polar surface area (TPSA) is 58.2 Å². The molecule has 0 unspecified atom stereocenters. The number of carbonyl (C=O) groups is 2. The molecule has 4 heteroatoms. The molecule has 0 heterocycles. The lowest BCUT2D eigenvalue weighted by Gasteiger charge is -2.12. The van der Waals surface area contributed by atoms with Crippen molar-refractivity contribution in [1.29, 1.82) is 0 Å². The number of para-hydroxylation sites is 1. The van der Waals surface area contributed by atoms with Crippen LogP contribution >= 0.6 is 0 Å². The molecule has 132 valence electrons. The largest absolute Gasteiger partial charge is 0.326 e. The molecule has 2 rings (SSSR count). The molecule has 0 aliphatic carbocycles. The van der Waals surface area contributed by atoms with Crippen LogP contribution in [0.4, 0.5) is 11.4 Å². The molecule has 0 aliphatic rings. The fraction of sp³-hybridized carbons (Fsp3) is 0.333. The highest BCUT2D eigenvalue weighted by Gasteiger charge is 2.14. The Balaban J connectivity index is 1.78. The van der Waals surface area contributed by atoms with Gasteiger partial charge in [-0.05, 0) is 41.7 Å². The number of amides is 2. The van der Waals surface area contributed by atoms with Crippen molar-refractivity contribution in [2.24, 2.45) is 5.92 Å². The average molecular weight is 338 g/mol. The van der Waals surface area contributed by atoms with E-state index in [0.29, 0.717) is 18.8 Å². The molecule has 0 spiro atoms. The van der Waals surface area contributed by atoms with Crippen LogP contribution in [-0.2, 0) is 9.59 Å². The van der Waals surface area contributed by atoms with E-state index in [1.54, 1.807) is 0 Å². The third kappa shape index (κ3) is 6.42. The third-order valence-corrected chi connectivity index (χ3v) is 3.99. The number of hydrogen-bond donors (Lipinski definition) is 2. The first-order valence-electron chi connectivity index (χ1n) is 8.68. The van der Waals surface area contributed by atoms with E-state index in [1.165, 1.54) is 5.56 Å². The maximum absolute atomic E-state index is 12.1. The monoisotopic (exact) mass is 338 g/mol. The average Bonchev–Trinajstić information content (AvgIpc) is 2.55. The Morgan fingerprint density at radius 1 is 0.760 bits per heavy atom. The van der Waals surface area contributed by atoms with Crippen LogP contribution in [0.2, 0.25) is 0 Å². The molecule has 0 aliphatic heterocycles. The van der Waals surface area contributed by atoms with Crippen molar-refractivity contribution in [1.82, 2.24) is 0 Å². The second-order valence-corrected chi connectivity index (χ2v) is 6.75. The van der Waals surface area contributed by atoms with Gasteiger partial charge in [-0.25, -0.2) is 0 Å². The van der Waals surface area contributed by atoms with E-state index in [4.69, 9.17) is 0 Å². The maximum atomic E-state index is 12.1. The van der Waals surface area contributed by atoms with Gasteiger partial charge in [-0.2, -0.15) is 0 Å². The molecule has 2 aromatic rings. The highest BCUT2D eigenvalue weighted by atomic mass is 16.2. The van der Waals surface area contributed by atoms with Crippen molar-refractivity contribution in [2.45, 2.75) is 39.5 Å². The van der Waals surface area contributed by atoms with E-state index in [2.05, 4.69) is 24.5 Å². The summed E-state index contributed by atoms with van der Waals surface area (Å²) in [5.41, 5.74) is 2.80. The normalized spacial score (nSPS) is 11.8. The Kier molecular flexibility index (Phi) is 6.75. The molecular weight excluding hydrogens is 312 g/mol. The van der Waals surface area contributed by atoms with Crippen molar-refractivity contribution in [2.75, 3.05) is 10.6 Å². The standard InChI is InChI=1S/C21H26N2O2/c1-15(2)17-9-11-19(12-10-17)23-21(25)14-16(3)13-20(24)22-18-7-5-4-6-8-18/h4-12,15-16H,13-14H2,1-3H3,(H,22,24)(H,23,25)/t16-/m1/s1. The number of benzene rings is 2. The van der Waals surface area contributed by atoms with Crippen molar-refractivity contribution in [3.63, 3.8) is 0 Å². The minimum atomic E-state index is -0.0761. The SMILES string of the molecule is CC(C)c1ccc(NC(=O)C[C@H](C)CC(=O)Nc2ccccc2)cc1. The highest BCUT2D eigenvalue weighted by molar-refractivity contribution is 5.93. The molecule has 0 saturated heterocycles. The van der Waals surface area contributed by atoms with Gasteiger partial charge in [-0.15, -0.1) is 0 Å². The first-order chi connectivity index (χ1) is 11.9. The van der Waals surface area contributed by atoms with E-state index in [1.807, 2.05) is 61.5 Å². The molecule has 0 aromatic heterocycles. The lowest BCUT2D eigenvalue weighted by molar-refractivity contribution is -0.118. The molecule has 2 N–H and O–H groups in total. The maximum Gasteiger partial charge on any atom is 0.224 e. The molecule has 0 radical (unpaired) electrons. The summed E-state index contributed by atoms with van der Waals surface area (Å²) in [4.78, 5) is 24.2. The summed E-state index contributed by atoms with van der Waals surface area (Å²) < 4.78 is 0. The molecular formula is C21H26N2O2. The zero-order chi connectivity index (χ0) is 18.2. The van der Waals surface area contributed by atoms with E-state index < -0.39 is 0 Å². The molecule has 2 aromatic carbocycles. The zero-order valence-corrected chi connectivity index (χ0v) is 15.1. The Morgan fingerprint density at radius 2 is 1.24 bits per heavy atom. The first-order valence-corrected chi connectivity index (χ1v) is 8.68. The van der Waals surface area contributed by atoms with Crippen molar-refractivity contribution in [3.8, 4) is 0 Å². The predicted molar refractivity (Wildman–Crippen MR) is 103 cm³/mol. The number of anilines is 2. The molecule has 1 atom stereocenters. The fourth-order valence-corrected chi connectivity index (χ4v) is 2.60. The van der Waals surface area contributed by atoms with Crippen molar-refractivity contribution < 1.29 is 9.59 Å². The van der Waals surface area contributed by atoms with E-state index >= 15 is 0 Å². The number of rotatable bonds is 7. The molecule has 0 fully saturated rings. The van der Waals surface area contributed by atoms with Gasteiger partial charge in [0.2, 0.25) is 11.8 Å². The van der Waals surface area contributed by atoms with Gasteiger partial charge < -0.3 is 10.6 Å². The zero-order valence-electron chi connectivity index (χ0n) is 15.1.